The van der Waals surface area contributed by atoms with Crippen molar-refractivity contribution in [2.75, 3.05) is 0 Å². The minimum Gasteiger partial charge on any atom is -0.481 e. The van der Waals surface area contributed by atoms with E-state index in [9.17, 15) is 4.79 Å². The molecule has 0 aromatic heterocycles. The molecule has 1 aromatic rings. The fourth-order valence-electron chi connectivity index (χ4n) is 2.54. The van der Waals surface area contributed by atoms with Gasteiger partial charge in [0.05, 0.1) is 18.1 Å². The normalized spacial score (nSPS) is 34.4. The second-order valence-electron chi connectivity index (χ2n) is 5.47. The van der Waals surface area contributed by atoms with E-state index in [0.29, 0.717) is 0 Å². The minimum atomic E-state index is -0.695. The maximum atomic E-state index is 10.9. The molecule has 0 radical (unpaired) electrons. The van der Waals surface area contributed by atoms with Crippen LogP contribution >= 0.6 is 0 Å². The first kappa shape index (κ1) is 12.6. The van der Waals surface area contributed by atoms with Gasteiger partial charge in [0.25, 0.3) is 0 Å². The Morgan fingerprint density at radius 1 is 1.11 bits per heavy atom. The Kier molecular flexibility index (Phi) is 3.07. The second kappa shape index (κ2) is 4.62. The van der Waals surface area contributed by atoms with Gasteiger partial charge in [0.1, 0.15) is 0 Å². The highest BCUT2D eigenvalue weighted by Crippen LogP contribution is 2.47. The van der Waals surface area contributed by atoms with Crippen LogP contribution in [0.3, 0.4) is 0 Å². The average Bonchev–Trinajstić information content (AvgIpc) is 3.12. The van der Waals surface area contributed by atoms with Gasteiger partial charge in [-0.3, -0.25) is 4.79 Å². The lowest BCUT2D eigenvalue weighted by Crippen LogP contribution is -2.13. The van der Waals surface area contributed by atoms with Crippen LogP contribution in [0.1, 0.15) is 43.6 Å². The molecule has 4 heteroatoms. The van der Waals surface area contributed by atoms with E-state index >= 15 is 0 Å². The van der Waals surface area contributed by atoms with Crippen LogP contribution in [0.4, 0.5) is 0 Å². The van der Waals surface area contributed by atoms with Crippen molar-refractivity contribution in [1.29, 1.82) is 0 Å². The fourth-order valence-corrected chi connectivity index (χ4v) is 2.54. The predicted molar refractivity (Wildman–Crippen MR) is 68.8 cm³/mol. The summed E-state index contributed by atoms with van der Waals surface area (Å²) in [4.78, 5) is 10.9. The van der Waals surface area contributed by atoms with Crippen LogP contribution in [0.15, 0.2) is 24.3 Å². The summed E-state index contributed by atoms with van der Waals surface area (Å²) in [6.45, 7) is 4.00. The first-order chi connectivity index (χ1) is 9.06. The number of rotatable bonds is 3. The van der Waals surface area contributed by atoms with Gasteiger partial charge in [-0.05, 0) is 31.7 Å². The van der Waals surface area contributed by atoms with Crippen LogP contribution in [-0.2, 0) is 14.3 Å². The number of carboxylic acids is 1. The molecule has 2 unspecified atom stereocenters. The van der Waals surface area contributed by atoms with Gasteiger partial charge in [0, 0.05) is 5.56 Å². The molecule has 19 heavy (non-hydrogen) atoms. The van der Waals surface area contributed by atoms with Gasteiger partial charge < -0.3 is 14.6 Å². The van der Waals surface area contributed by atoms with E-state index < -0.39 is 5.97 Å². The zero-order valence-corrected chi connectivity index (χ0v) is 11.1. The predicted octanol–water partition coefficient (Wildman–Crippen LogP) is 2.70. The molecular weight excluding hydrogens is 244 g/mol. The Morgan fingerprint density at radius 2 is 1.63 bits per heavy atom. The summed E-state index contributed by atoms with van der Waals surface area (Å²) in [5.41, 5.74) is 2.09. The van der Waals surface area contributed by atoms with E-state index in [4.69, 9.17) is 14.6 Å². The Bertz CT molecular complexity index is 471. The number of ether oxygens (including phenoxy) is 2. The van der Waals surface area contributed by atoms with Gasteiger partial charge in [-0.25, -0.2) is 0 Å². The molecule has 2 fully saturated rings. The van der Waals surface area contributed by atoms with Crippen LogP contribution in [0.5, 0.6) is 0 Å². The second-order valence-corrected chi connectivity index (χ2v) is 5.47. The number of hydrogen-bond acceptors (Lipinski definition) is 3. The molecule has 0 bridgehead atoms. The third-order valence-corrected chi connectivity index (χ3v) is 4.08. The molecule has 0 amide bonds. The smallest absolute Gasteiger partial charge is 0.307 e. The summed E-state index contributed by atoms with van der Waals surface area (Å²) in [6, 6.07) is 7.93. The number of carboxylic acid groups (broad SMARTS) is 1. The summed E-state index contributed by atoms with van der Waals surface area (Å²) in [6.07, 6.45) is 0.654. The third-order valence-electron chi connectivity index (χ3n) is 4.08. The molecule has 3 rings (SSSR count). The van der Waals surface area contributed by atoms with E-state index in [-0.39, 0.29) is 30.3 Å². The van der Waals surface area contributed by atoms with Crippen LogP contribution in [0.25, 0.3) is 0 Å². The van der Waals surface area contributed by atoms with Crippen molar-refractivity contribution in [3.63, 3.8) is 0 Å². The van der Waals surface area contributed by atoms with Crippen LogP contribution < -0.4 is 0 Å². The van der Waals surface area contributed by atoms with E-state index in [2.05, 4.69) is 0 Å². The Morgan fingerprint density at radius 3 is 2.11 bits per heavy atom. The van der Waals surface area contributed by atoms with Gasteiger partial charge >= 0.3 is 5.97 Å². The Labute approximate surface area is 112 Å². The van der Waals surface area contributed by atoms with E-state index in [0.717, 1.165) is 17.5 Å². The highest BCUT2D eigenvalue weighted by Gasteiger charge is 2.44. The lowest BCUT2D eigenvalue weighted by atomic mass is 10.1. The van der Waals surface area contributed by atoms with Crippen molar-refractivity contribution in [2.45, 2.75) is 44.7 Å². The molecular formula is C15H18O4. The van der Waals surface area contributed by atoms with Crippen LogP contribution in [0.2, 0.25) is 0 Å². The number of aliphatic carboxylic acids is 1. The van der Waals surface area contributed by atoms with Crippen molar-refractivity contribution in [3.05, 3.63) is 35.4 Å². The Hall–Kier alpha value is -1.39. The lowest BCUT2D eigenvalue weighted by molar-refractivity contribution is -0.138. The molecule has 4 nitrogen and oxygen atoms in total. The van der Waals surface area contributed by atoms with Crippen molar-refractivity contribution in [2.24, 2.45) is 5.92 Å². The fraction of sp³-hybridized carbons (Fsp3) is 0.533. The largest absolute Gasteiger partial charge is 0.481 e. The first-order valence-electron chi connectivity index (χ1n) is 6.70. The molecule has 4 atom stereocenters. The van der Waals surface area contributed by atoms with Crippen LogP contribution in [0, 0.1) is 5.92 Å². The maximum Gasteiger partial charge on any atom is 0.307 e. The number of hydrogen-bond donors (Lipinski definition) is 1. The molecule has 1 saturated heterocycles. The maximum absolute atomic E-state index is 10.9. The zero-order chi connectivity index (χ0) is 13.6. The monoisotopic (exact) mass is 262 g/mol. The molecule has 102 valence electrons. The van der Waals surface area contributed by atoms with Gasteiger partial charge in [-0.15, -0.1) is 0 Å². The van der Waals surface area contributed by atoms with Gasteiger partial charge in [-0.2, -0.15) is 0 Å². The van der Waals surface area contributed by atoms with Crippen molar-refractivity contribution in [1.82, 2.24) is 0 Å². The number of benzene rings is 1. The molecule has 1 aliphatic carbocycles. The molecule has 1 aliphatic heterocycles. The topological polar surface area (TPSA) is 55.8 Å². The molecule has 0 spiro atoms. The summed E-state index contributed by atoms with van der Waals surface area (Å²) in [7, 11) is 0. The SMILES string of the molecule is C[C@@H]1OC(c2ccc(C3CC3C(=O)O)cc2)O[C@H]1C. The molecule has 2 aliphatic rings. The molecule has 1 aromatic carbocycles. The Balaban J connectivity index is 1.69. The lowest BCUT2D eigenvalue weighted by Gasteiger charge is -2.10. The molecule has 1 heterocycles. The van der Waals surface area contributed by atoms with E-state index in [1.807, 2.05) is 38.1 Å². The van der Waals surface area contributed by atoms with E-state index in [1.54, 1.807) is 0 Å². The minimum absolute atomic E-state index is 0.101. The van der Waals surface area contributed by atoms with Gasteiger partial charge in [-0.1, -0.05) is 24.3 Å². The quantitative estimate of drug-likeness (QED) is 0.910. The highest BCUT2D eigenvalue weighted by atomic mass is 16.7. The third kappa shape index (κ3) is 2.38. The van der Waals surface area contributed by atoms with Gasteiger partial charge in [0.15, 0.2) is 6.29 Å². The average molecular weight is 262 g/mol. The standard InChI is InChI=1S/C15H18O4/c1-8-9(2)19-15(18-8)11-5-3-10(4-6-11)12-7-13(12)14(16)17/h3-6,8-9,12-13,15H,7H2,1-2H3,(H,16,17)/t8-,9-,12?,13?/m0/s1. The molecule has 1 N–H and O–H groups in total. The van der Waals surface area contributed by atoms with E-state index in [1.165, 1.54) is 0 Å². The highest BCUT2D eigenvalue weighted by molar-refractivity contribution is 5.75. The summed E-state index contributed by atoms with van der Waals surface area (Å²) >= 11 is 0. The zero-order valence-electron chi connectivity index (χ0n) is 11.1. The van der Waals surface area contributed by atoms with Crippen LogP contribution in [-0.4, -0.2) is 23.3 Å². The summed E-state index contributed by atoms with van der Waals surface area (Å²) < 4.78 is 11.4. The van der Waals surface area contributed by atoms with Gasteiger partial charge in [0.2, 0.25) is 0 Å². The van der Waals surface area contributed by atoms with Crippen molar-refractivity contribution in [3.8, 4) is 0 Å². The molecule has 1 saturated carbocycles. The first-order valence-corrected chi connectivity index (χ1v) is 6.70. The summed E-state index contributed by atoms with van der Waals surface area (Å²) in [5.74, 6) is -0.723. The summed E-state index contributed by atoms with van der Waals surface area (Å²) in [5, 5.41) is 8.93. The van der Waals surface area contributed by atoms with Crippen molar-refractivity contribution >= 4 is 5.97 Å². The number of carbonyl (C=O) groups is 1. The van der Waals surface area contributed by atoms with Crippen molar-refractivity contribution < 1.29 is 19.4 Å².